The van der Waals surface area contributed by atoms with E-state index in [1.165, 1.54) is 16.2 Å². The summed E-state index contributed by atoms with van der Waals surface area (Å²) in [5, 5.41) is 12.1. The van der Waals surface area contributed by atoms with E-state index < -0.39 is 17.2 Å². The average Bonchev–Trinajstić information content (AvgIpc) is 3.10. The van der Waals surface area contributed by atoms with E-state index in [1.54, 1.807) is 6.92 Å². The van der Waals surface area contributed by atoms with Gasteiger partial charge in [0.05, 0.1) is 17.9 Å². The Hall–Kier alpha value is -1.10. The first-order valence-corrected chi connectivity index (χ1v) is 9.60. The van der Waals surface area contributed by atoms with E-state index in [9.17, 15) is 19.5 Å². The molecule has 3 rings (SSSR count). The molecule has 0 spiro atoms. The van der Waals surface area contributed by atoms with Gasteiger partial charge in [-0.05, 0) is 13.3 Å². The Morgan fingerprint density at radius 3 is 2.39 bits per heavy atom. The summed E-state index contributed by atoms with van der Waals surface area (Å²) in [5.74, 6) is -0.999. The summed E-state index contributed by atoms with van der Waals surface area (Å²) in [4.78, 5) is 41.6. The molecule has 0 fully saturated rings. The minimum absolute atomic E-state index is 0. The molecular formula is C16H15Cl2N4NaO4S. The van der Waals surface area contributed by atoms with Crippen LogP contribution in [0.4, 0.5) is 0 Å². The topological polar surface area (TPSA) is 102 Å². The molecular weight excluding hydrogens is 438 g/mol. The Labute approximate surface area is 195 Å². The van der Waals surface area contributed by atoms with Gasteiger partial charge in [-0.25, -0.2) is 9.78 Å². The molecule has 144 valence electrons. The third-order valence-corrected chi connectivity index (χ3v) is 6.20. The van der Waals surface area contributed by atoms with Gasteiger partial charge in [0, 0.05) is 24.0 Å². The fourth-order valence-corrected chi connectivity index (χ4v) is 4.69. The van der Waals surface area contributed by atoms with Gasteiger partial charge in [0.15, 0.2) is 5.15 Å². The largest absolute Gasteiger partial charge is 1.00 e. The van der Waals surface area contributed by atoms with E-state index in [4.69, 9.17) is 23.2 Å². The van der Waals surface area contributed by atoms with Gasteiger partial charge in [-0.2, -0.15) is 0 Å². The molecule has 0 aliphatic carbocycles. The van der Waals surface area contributed by atoms with Gasteiger partial charge >= 0.3 is 35.2 Å². The van der Waals surface area contributed by atoms with Crippen molar-refractivity contribution >= 4 is 50.7 Å². The van der Waals surface area contributed by atoms with Crippen molar-refractivity contribution in [2.75, 3.05) is 0 Å². The van der Waals surface area contributed by atoms with Crippen LogP contribution in [-0.4, -0.2) is 24.7 Å². The SMILES string of the molecule is CCCn1c(=O)n(C)c(=O)c2c(C(=O)[O-])c(Cn3c(C)nc(Cl)c3Cl)sc21.[Na+]. The van der Waals surface area contributed by atoms with E-state index in [2.05, 4.69) is 4.98 Å². The molecule has 0 saturated carbocycles. The molecule has 3 aromatic heterocycles. The first-order chi connectivity index (χ1) is 12.7. The number of imidazole rings is 1. The predicted molar refractivity (Wildman–Crippen MR) is 102 cm³/mol. The van der Waals surface area contributed by atoms with Gasteiger partial charge in [-0.1, -0.05) is 30.1 Å². The van der Waals surface area contributed by atoms with E-state index >= 15 is 0 Å². The molecule has 0 radical (unpaired) electrons. The summed E-state index contributed by atoms with van der Waals surface area (Å²) in [6.07, 6.45) is 0.642. The summed E-state index contributed by atoms with van der Waals surface area (Å²) in [6, 6.07) is 0. The Morgan fingerprint density at radius 1 is 1.25 bits per heavy atom. The van der Waals surface area contributed by atoms with Gasteiger partial charge in [-0.15, -0.1) is 11.3 Å². The predicted octanol–water partition coefficient (Wildman–Crippen LogP) is -1.60. The van der Waals surface area contributed by atoms with Crippen molar-refractivity contribution in [2.24, 2.45) is 7.05 Å². The number of nitrogens with zero attached hydrogens (tertiary/aromatic N) is 4. The van der Waals surface area contributed by atoms with Crippen LogP contribution in [0.5, 0.6) is 0 Å². The smallest absolute Gasteiger partial charge is 0.545 e. The van der Waals surface area contributed by atoms with Crippen LogP contribution in [0.1, 0.15) is 34.4 Å². The molecule has 12 heteroatoms. The average molecular weight is 453 g/mol. The van der Waals surface area contributed by atoms with Crippen LogP contribution in [0, 0.1) is 6.92 Å². The van der Waals surface area contributed by atoms with Crippen molar-refractivity contribution in [3.05, 3.63) is 47.4 Å². The number of aromatic carboxylic acids is 1. The molecule has 3 aromatic rings. The zero-order valence-electron chi connectivity index (χ0n) is 15.7. The number of thiophene rings is 1. The molecule has 0 unspecified atom stereocenters. The van der Waals surface area contributed by atoms with Gasteiger partial charge < -0.3 is 14.5 Å². The number of fused-ring (bicyclic) bond motifs is 1. The second kappa shape index (κ2) is 8.73. The maximum absolute atomic E-state index is 12.6. The molecule has 3 heterocycles. The molecule has 0 saturated heterocycles. The third kappa shape index (κ3) is 3.71. The first kappa shape index (κ1) is 23.2. The quantitative estimate of drug-likeness (QED) is 0.433. The zero-order valence-corrected chi connectivity index (χ0v) is 20.0. The van der Waals surface area contributed by atoms with Crippen LogP contribution >= 0.6 is 34.5 Å². The Kier molecular flexibility index (Phi) is 7.22. The number of rotatable bonds is 5. The number of carboxylic acids is 1. The molecule has 28 heavy (non-hydrogen) atoms. The van der Waals surface area contributed by atoms with Crippen molar-refractivity contribution in [1.29, 1.82) is 0 Å². The molecule has 8 nitrogen and oxygen atoms in total. The van der Waals surface area contributed by atoms with Crippen molar-refractivity contribution in [2.45, 2.75) is 33.4 Å². The van der Waals surface area contributed by atoms with Gasteiger partial charge in [0.1, 0.15) is 15.8 Å². The van der Waals surface area contributed by atoms with Crippen LogP contribution in [0.2, 0.25) is 10.3 Å². The summed E-state index contributed by atoms with van der Waals surface area (Å²) >= 11 is 13.1. The fourth-order valence-electron chi connectivity index (χ4n) is 2.95. The normalized spacial score (nSPS) is 11.0. The van der Waals surface area contributed by atoms with Crippen LogP contribution in [0.3, 0.4) is 0 Å². The Balaban J connectivity index is 0.00000280. The Bertz CT molecular complexity index is 1190. The second-order valence-electron chi connectivity index (χ2n) is 5.99. The Morgan fingerprint density at radius 2 is 1.89 bits per heavy atom. The number of hydrogen-bond acceptors (Lipinski definition) is 6. The minimum atomic E-state index is -1.49. The van der Waals surface area contributed by atoms with Crippen molar-refractivity contribution < 1.29 is 39.5 Å². The van der Waals surface area contributed by atoms with Crippen molar-refractivity contribution in [3.63, 3.8) is 0 Å². The molecule has 0 aliphatic heterocycles. The monoisotopic (exact) mass is 452 g/mol. The van der Waals surface area contributed by atoms with Crippen LogP contribution < -0.4 is 45.9 Å². The maximum Gasteiger partial charge on any atom is 1.00 e. The van der Waals surface area contributed by atoms with Gasteiger partial charge in [0.25, 0.3) is 5.56 Å². The summed E-state index contributed by atoms with van der Waals surface area (Å²) in [5.41, 5.74) is -1.40. The third-order valence-electron chi connectivity index (χ3n) is 4.25. The number of carboxylic acid groups (broad SMARTS) is 1. The van der Waals surface area contributed by atoms with E-state index in [-0.39, 0.29) is 57.4 Å². The van der Waals surface area contributed by atoms with Crippen molar-refractivity contribution in [3.8, 4) is 0 Å². The zero-order chi connectivity index (χ0) is 20.0. The first-order valence-electron chi connectivity index (χ1n) is 8.03. The van der Waals surface area contributed by atoms with Gasteiger partial charge in [-0.3, -0.25) is 13.9 Å². The summed E-state index contributed by atoms with van der Waals surface area (Å²) in [6.45, 7) is 3.95. The molecule has 0 aromatic carbocycles. The standard InChI is InChI=1S/C16H16Cl2N4O4S.Na/c1-4-5-21-14-10(13(23)20(3)16(21)26)9(15(24)25)8(27-14)6-22-7(2)19-11(17)12(22)18;/h4-6H2,1-3H3,(H,24,25);/q;+1/p-1. The molecule has 0 amide bonds. The minimum Gasteiger partial charge on any atom is -0.545 e. The molecule has 0 N–H and O–H groups in total. The van der Waals surface area contributed by atoms with E-state index in [0.717, 1.165) is 15.9 Å². The second-order valence-corrected chi connectivity index (χ2v) is 7.79. The van der Waals surface area contributed by atoms with Crippen LogP contribution in [0.25, 0.3) is 10.2 Å². The summed E-state index contributed by atoms with van der Waals surface area (Å²) < 4.78 is 3.85. The number of hydrogen-bond donors (Lipinski definition) is 0. The molecule has 0 bridgehead atoms. The number of aromatic nitrogens is 4. The van der Waals surface area contributed by atoms with E-state index in [1.807, 2.05) is 6.92 Å². The number of halogens is 2. The van der Waals surface area contributed by atoms with E-state index in [0.29, 0.717) is 28.5 Å². The van der Waals surface area contributed by atoms with Crippen molar-refractivity contribution in [1.82, 2.24) is 18.7 Å². The van der Waals surface area contributed by atoms with Crippen LogP contribution in [-0.2, 0) is 20.1 Å². The fraction of sp³-hybridized carbons (Fsp3) is 0.375. The number of carbonyl (C=O) groups is 1. The molecule has 0 aliphatic rings. The molecule has 0 atom stereocenters. The number of aryl methyl sites for hydroxylation is 2. The van der Waals surface area contributed by atoms with Crippen LogP contribution in [0.15, 0.2) is 9.59 Å². The summed E-state index contributed by atoms with van der Waals surface area (Å²) in [7, 11) is 1.32. The maximum atomic E-state index is 12.6. The van der Waals surface area contributed by atoms with Gasteiger partial charge in [0.2, 0.25) is 0 Å². The number of carbonyl (C=O) groups excluding carboxylic acids is 1.